The van der Waals surface area contributed by atoms with Gasteiger partial charge in [0.1, 0.15) is 12.1 Å². The Morgan fingerprint density at radius 2 is 2.12 bits per heavy atom. The number of rotatable bonds is 3. The molecular weight excluding hydrogens is 209 g/mol. The van der Waals surface area contributed by atoms with Crippen molar-refractivity contribution in [2.45, 2.75) is 0 Å². The molecule has 1 heterocycles. The van der Waals surface area contributed by atoms with Gasteiger partial charge in [-0.25, -0.2) is 9.37 Å². The van der Waals surface area contributed by atoms with Crippen LogP contribution in [0.5, 0.6) is 0 Å². The lowest BCUT2D eigenvalue weighted by molar-refractivity contribution is 0.342. The lowest BCUT2D eigenvalue weighted by atomic mass is 10.1. The third kappa shape index (κ3) is 2.17. The summed E-state index contributed by atoms with van der Waals surface area (Å²) < 4.78 is 18.4. The van der Waals surface area contributed by atoms with Crippen molar-refractivity contribution in [3.05, 3.63) is 48.4 Å². The molecule has 2 rings (SSSR count). The molecule has 0 saturated carbocycles. The molecule has 0 atom stereocenters. The van der Waals surface area contributed by atoms with Crippen molar-refractivity contribution in [1.29, 1.82) is 0 Å². The number of aromatic nitrogens is 1. The molecule has 0 aliphatic rings. The molecule has 0 radical (unpaired) electrons. The maximum atomic E-state index is 13.3. The van der Waals surface area contributed by atoms with E-state index >= 15 is 0 Å². The smallest absolute Gasteiger partial charge is 0.225 e. The van der Waals surface area contributed by atoms with Crippen LogP contribution >= 0.6 is 0 Å². The second-order valence-electron chi connectivity index (χ2n) is 3.15. The topological polar surface area (TPSA) is 46.3 Å². The zero-order valence-corrected chi connectivity index (χ0v) is 8.43. The number of benzene rings is 1. The van der Waals surface area contributed by atoms with Gasteiger partial charge in [0.2, 0.25) is 5.89 Å². The van der Waals surface area contributed by atoms with Gasteiger partial charge in [-0.1, -0.05) is 12.1 Å². The number of hydrogen-bond donors (Lipinski definition) is 1. The van der Waals surface area contributed by atoms with Crippen molar-refractivity contribution < 1.29 is 13.9 Å². The van der Waals surface area contributed by atoms with E-state index < -0.39 is 5.83 Å². The quantitative estimate of drug-likeness (QED) is 0.863. The van der Waals surface area contributed by atoms with Gasteiger partial charge >= 0.3 is 0 Å². The summed E-state index contributed by atoms with van der Waals surface area (Å²) >= 11 is 0. The Balaban J connectivity index is 2.26. The van der Waals surface area contributed by atoms with E-state index in [1.165, 1.54) is 6.26 Å². The summed E-state index contributed by atoms with van der Waals surface area (Å²) in [5.74, 6) is 0.0551. The fourth-order valence-corrected chi connectivity index (χ4v) is 1.34. The van der Waals surface area contributed by atoms with Crippen LogP contribution in [0.1, 0.15) is 5.56 Å². The van der Waals surface area contributed by atoms with Crippen LogP contribution in [0, 0.1) is 0 Å². The highest BCUT2D eigenvalue weighted by Gasteiger charge is 2.03. The molecule has 16 heavy (non-hydrogen) atoms. The molecule has 2 aromatic rings. The summed E-state index contributed by atoms with van der Waals surface area (Å²) in [7, 11) is 0. The van der Waals surface area contributed by atoms with Crippen molar-refractivity contribution >= 4 is 5.83 Å². The van der Waals surface area contributed by atoms with E-state index in [2.05, 4.69) is 4.98 Å². The van der Waals surface area contributed by atoms with Crippen molar-refractivity contribution in [3.63, 3.8) is 0 Å². The molecule has 0 fully saturated rings. The van der Waals surface area contributed by atoms with E-state index in [0.717, 1.165) is 11.6 Å². The summed E-state index contributed by atoms with van der Waals surface area (Å²) in [4.78, 5) is 3.98. The lowest BCUT2D eigenvalue weighted by Gasteiger charge is -1.99. The third-order valence-corrected chi connectivity index (χ3v) is 2.11. The van der Waals surface area contributed by atoms with Crippen LogP contribution in [0.15, 0.2) is 47.2 Å². The standard InChI is InChI=1S/C12H10FNO2/c13-11(5-7-15)9-1-3-10(4-2-9)12-14-6-8-16-12/h1-6,8,15H,7H2. The monoisotopic (exact) mass is 219 g/mol. The maximum Gasteiger partial charge on any atom is 0.225 e. The minimum absolute atomic E-state index is 0.312. The number of hydrogen-bond acceptors (Lipinski definition) is 3. The van der Waals surface area contributed by atoms with Gasteiger partial charge in [0.05, 0.1) is 12.8 Å². The number of aliphatic hydroxyl groups is 1. The van der Waals surface area contributed by atoms with E-state index in [-0.39, 0.29) is 6.61 Å². The normalized spacial score (nSPS) is 11.8. The first kappa shape index (κ1) is 10.6. The minimum atomic E-state index is -0.443. The van der Waals surface area contributed by atoms with Crippen LogP contribution in [-0.4, -0.2) is 16.7 Å². The molecule has 0 saturated heterocycles. The molecule has 0 unspecified atom stereocenters. The molecule has 82 valence electrons. The van der Waals surface area contributed by atoms with Crippen LogP contribution in [0.2, 0.25) is 0 Å². The van der Waals surface area contributed by atoms with E-state index in [9.17, 15) is 4.39 Å². The van der Waals surface area contributed by atoms with E-state index in [4.69, 9.17) is 9.52 Å². The fourth-order valence-electron chi connectivity index (χ4n) is 1.34. The predicted molar refractivity (Wildman–Crippen MR) is 58.1 cm³/mol. The van der Waals surface area contributed by atoms with Gasteiger partial charge in [-0.05, 0) is 18.2 Å². The van der Waals surface area contributed by atoms with Crippen LogP contribution in [0.3, 0.4) is 0 Å². The molecule has 4 heteroatoms. The van der Waals surface area contributed by atoms with Crippen LogP contribution in [-0.2, 0) is 0 Å². The highest BCUT2D eigenvalue weighted by molar-refractivity contribution is 5.63. The minimum Gasteiger partial charge on any atom is -0.445 e. The largest absolute Gasteiger partial charge is 0.445 e. The number of halogens is 1. The van der Waals surface area contributed by atoms with Crippen LogP contribution in [0.25, 0.3) is 17.3 Å². The first-order chi connectivity index (χ1) is 7.81. The second-order valence-corrected chi connectivity index (χ2v) is 3.15. The second kappa shape index (κ2) is 4.72. The Kier molecular flexibility index (Phi) is 3.12. The maximum absolute atomic E-state index is 13.3. The molecule has 0 bridgehead atoms. The molecule has 0 aliphatic carbocycles. The van der Waals surface area contributed by atoms with E-state index in [1.807, 2.05) is 0 Å². The molecular formula is C12H10FNO2. The number of oxazole rings is 1. The van der Waals surface area contributed by atoms with Gasteiger partial charge in [0, 0.05) is 11.1 Å². The predicted octanol–water partition coefficient (Wildman–Crippen LogP) is 2.64. The SMILES string of the molecule is OCC=C(F)c1ccc(-c2ncco2)cc1. The molecule has 0 aliphatic heterocycles. The summed E-state index contributed by atoms with van der Waals surface area (Å²) in [6.07, 6.45) is 4.14. The van der Waals surface area contributed by atoms with Gasteiger partial charge in [0.15, 0.2) is 0 Å². The zero-order valence-electron chi connectivity index (χ0n) is 8.43. The van der Waals surface area contributed by atoms with Gasteiger partial charge < -0.3 is 9.52 Å². The number of aliphatic hydroxyl groups excluding tert-OH is 1. The summed E-state index contributed by atoms with van der Waals surface area (Å²) in [5.41, 5.74) is 1.20. The summed E-state index contributed by atoms with van der Waals surface area (Å²) in [6.45, 7) is -0.312. The molecule has 1 aromatic heterocycles. The van der Waals surface area contributed by atoms with Gasteiger partial charge in [-0.15, -0.1) is 0 Å². The van der Waals surface area contributed by atoms with Crippen molar-refractivity contribution in [2.24, 2.45) is 0 Å². The number of nitrogens with zero attached hydrogens (tertiary/aromatic N) is 1. The Hall–Kier alpha value is -1.94. The first-order valence-corrected chi connectivity index (χ1v) is 4.78. The third-order valence-electron chi connectivity index (χ3n) is 2.11. The van der Waals surface area contributed by atoms with Crippen molar-refractivity contribution in [3.8, 4) is 11.5 Å². The molecule has 1 N–H and O–H groups in total. The Bertz CT molecular complexity index is 474. The van der Waals surface area contributed by atoms with Crippen LogP contribution in [0.4, 0.5) is 4.39 Å². The molecule has 3 nitrogen and oxygen atoms in total. The molecule has 1 aromatic carbocycles. The highest BCUT2D eigenvalue weighted by atomic mass is 19.1. The average molecular weight is 219 g/mol. The van der Waals surface area contributed by atoms with Gasteiger partial charge in [0.25, 0.3) is 0 Å². The molecule has 0 spiro atoms. The summed E-state index contributed by atoms with van der Waals surface area (Å²) in [5, 5.41) is 8.56. The average Bonchev–Trinajstić information content (AvgIpc) is 2.83. The zero-order chi connectivity index (χ0) is 11.4. The van der Waals surface area contributed by atoms with E-state index in [1.54, 1.807) is 30.5 Å². The van der Waals surface area contributed by atoms with Gasteiger partial charge in [-0.2, -0.15) is 0 Å². The van der Waals surface area contributed by atoms with Crippen LogP contribution < -0.4 is 0 Å². The Labute approximate surface area is 91.9 Å². The summed E-state index contributed by atoms with van der Waals surface area (Å²) in [6, 6.07) is 6.65. The van der Waals surface area contributed by atoms with Crippen molar-refractivity contribution in [1.82, 2.24) is 4.98 Å². The molecule has 0 amide bonds. The first-order valence-electron chi connectivity index (χ1n) is 4.78. The Morgan fingerprint density at radius 3 is 2.69 bits per heavy atom. The van der Waals surface area contributed by atoms with Crippen molar-refractivity contribution in [2.75, 3.05) is 6.61 Å². The lowest BCUT2D eigenvalue weighted by Crippen LogP contribution is -1.82. The fraction of sp³-hybridized carbons (Fsp3) is 0.0833. The highest BCUT2D eigenvalue weighted by Crippen LogP contribution is 2.21. The van der Waals surface area contributed by atoms with Gasteiger partial charge in [-0.3, -0.25) is 0 Å². The van der Waals surface area contributed by atoms with E-state index in [0.29, 0.717) is 11.5 Å². The Morgan fingerprint density at radius 1 is 1.38 bits per heavy atom.